The standard InChI is InChI=1S/C17H18BrNO2/c18-17(16-9-5-2-6-10-16)14-20-12-11-19(17)21-13-15-7-3-1-4-8-15/h1-10H,11-14H2/t17-/m0/s1. The van der Waals surface area contributed by atoms with E-state index in [1.165, 1.54) is 0 Å². The SMILES string of the molecule is Br[C@@]1(c2ccccc2)COCCN1OCc1ccccc1. The van der Waals surface area contributed by atoms with Gasteiger partial charge in [-0.15, -0.1) is 0 Å². The number of hydroxylamine groups is 2. The first-order valence-corrected chi connectivity index (χ1v) is 7.85. The zero-order chi connectivity index (χ0) is 14.5. The second-order valence-corrected chi connectivity index (χ2v) is 6.35. The highest BCUT2D eigenvalue weighted by Crippen LogP contribution is 2.38. The minimum atomic E-state index is -0.429. The Labute approximate surface area is 133 Å². The summed E-state index contributed by atoms with van der Waals surface area (Å²) in [5, 5.41) is 1.98. The largest absolute Gasteiger partial charge is 0.377 e. The first kappa shape index (κ1) is 14.7. The van der Waals surface area contributed by atoms with Crippen LogP contribution in [0.1, 0.15) is 11.1 Å². The fourth-order valence-electron chi connectivity index (χ4n) is 2.42. The van der Waals surface area contributed by atoms with E-state index in [9.17, 15) is 0 Å². The number of rotatable bonds is 4. The Kier molecular flexibility index (Phi) is 4.70. The quantitative estimate of drug-likeness (QED) is 0.621. The van der Waals surface area contributed by atoms with Crippen LogP contribution in [0, 0.1) is 0 Å². The van der Waals surface area contributed by atoms with Crippen LogP contribution < -0.4 is 0 Å². The molecule has 2 aromatic rings. The van der Waals surface area contributed by atoms with Gasteiger partial charge in [0.1, 0.15) is 4.45 Å². The number of ether oxygens (including phenoxy) is 1. The van der Waals surface area contributed by atoms with Crippen LogP contribution in [0.25, 0.3) is 0 Å². The lowest BCUT2D eigenvalue weighted by atomic mass is 10.1. The van der Waals surface area contributed by atoms with Gasteiger partial charge in [-0.3, -0.25) is 4.84 Å². The Hall–Kier alpha value is -1.20. The predicted octanol–water partition coefficient (Wildman–Crippen LogP) is 3.70. The molecule has 110 valence electrons. The summed E-state index contributed by atoms with van der Waals surface area (Å²) < 4.78 is 5.22. The fraction of sp³-hybridized carbons (Fsp3) is 0.294. The molecule has 0 saturated carbocycles. The summed E-state index contributed by atoms with van der Waals surface area (Å²) in [7, 11) is 0. The van der Waals surface area contributed by atoms with Crippen LogP contribution in [0.5, 0.6) is 0 Å². The molecule has 0 radical (unpaired) electrons. The Morgan fingerprint density at radius 2 is 1.71 bits per heavy atom. The van der Waals surface area contributed by atoms with Crippen molar-refractivity contribution in [1.29, 1.82) is 0 Å². The molecule has 1 aliphatic heterocycles. The maximum atomic E-state index is 6.05. The van der Waals surface area contributed by atoms with E-state index in [0.717, 1.165) is 17.7 Å². The molecule has 0 unspecified atom stereocenters. The average molecular weight is 348 g/mol. The smallest absolute Gasteiger partial charge is 0.149 e. The second-order valence-electron chi connectivity index (χ2n) is 5.04. The molecular formula is C17H18BrNO2. The monoisotopic (exact) mass is 347 g/mol. The van der Waals surface area contributed by atoms with Crippen LogP contribution in [-0.2, 0) is 20.6 Å². The maximum Gasteiger partial charge on any atom is 0.149 e. The minimum Gasteiger partial charge on any atom is -0.377 e. The molecule has 0 aromatic heterocycles. The van der Waals surface area contributed by atoms with Gasteiger partial charge in [0.15, 0.2) is 0 Å². The van der Waals surface area contributed by atoms with Crippen LogP contribution in [-0.4, -0.2) is 24.8 Å². The molecule has 0 N–H and O–H groups in total. The first-order chi connectivity index (χ1) is 10.3. The number of halogens is 1. The normalized spacial score (nSPS) is 23.1. The highest BCUT2D eigenvalue weighted by molar-refractivity contribution is 9.09. The molecule has 2 aromatic carbocycles. The van der Waals surface area contributed by atoms with E-state index in [-0.39, 0.29) is 0 Å². The van der Waals surface area contributed by atoms with Crippen LogP contribution in [0.3, 0.4) is 0 Å². The molecule has 1 fully saturated rings. The van der Waals surface area contributed by atoms with E-state index >= 15 is 0 Å². The zero-order valence-electron chi connectivity index (χ0n) is 11.7. The van der Waals surface area contributed by atoms with Crippen molar-refractivity contribution in [3.05, 3.63) is 71.8 Å². The van der Waals surface area contributed by atoms with E-state index < -0.39 is 4.45 Å². The summed E-state index contributed by atoms with van der Waals surface area (Å²) >= 11 is 3.82. The van der Waals surface area contributed by atoms with Crippen molar-refractivity contribution in [3.63, 3.8) is 0 Å². The van der Waals surface area contributed by atoms with Crippen LogP contribution in [0.2, 0.25) is 0 Å². The first-order valence-electron chi connectivity index (χ1n) is 7.06. The number of hydrogen-bond acceptors (Lipinski definition) is 3. The van der Waals surface area contributed by atoms with Crippen molar-refractivity contribution in [2.45, 2.75) is 11.1 Å². The van der Waals surface area contributed by atoms with Gasteiger partial charge in [0.25, 0.3) is 0 Å². The summed E-state index contributed by atoms with van der Waals surface area (Å²) in [5.41, 5.74) is 2.30. The molecule has 1 aliphatic rings. The van der Waals surface area contributed by atoms with Gasteiger partial charge in [-0.25, -0.2) is 0 Å². The highest BCUT2D eigenvalue weighted by Gasteiger charge is 2.40. The van der Waals surface area contributed by atoms with Crippen LogP contribution >= 0.6 is 15.9 Å². The lowest BCUT2D eigenvalue weighted by Crippen LogP contribution is -2.50. The molecule has 1 saturated heterocycles. The summed E-state index contributed by atoms with van der Waals surface area (Å²) in [5.74, 6) is 0. The Morgan fingerprint density at radius 3 is 2.43 bits per heavy atom. The average Bonchev–Trinajstić information content (AvgIpc) is 2.56. The zero-order valence-corrected chi connectivity index (χ0v) is 13.3. The number of benzene rings is 2. The molecule has 0 amide bonds. The number of hydrogen-bond donors (Lipinski definition) is 0. The van der Waals surface area contributed by atoms with Gasteiger partial charge in [-0.1, -0.05) is 76.6 Å². The van der Waals surface area contributed by atoms with Gasteiger partial charge in [0.2, 0.25) is 0 Å². The van der Waals surface area contributed by atoms with Crippen molar-refractivity contribution < 1.29 is 9.57 Å². The molecule has 4 heteroatoms. The van der Waals surface area contributed by atoms with E-state index in [1.807, 2.05) is 41.5 Å². The lowest BCUT2D eigenvalue weighted by Gasteiger charge is -2.41. The highest BCUT2D eigenvalue weighted by atomic mass is 79.9. The molecule has 0 bridgehead atoms. The Morgan fingerprint density at radius 1 is 1.05 bits per heavy atom. The molecule has 0 aliphatic carbocycles. The topological polar surface area (TPSA) is 21.7 Å². The predicted molar refractivity (Wildman–Crippen MR) is 85.8 cm³/mol. The third-order valence-corrected chi connectivity index (χ3v) is 4.66. The number of morpholine rings is 1. The van der Waals surface area contributed by atoms with Crippen molar-refractivity contribution in [2.75, 3.05) is 19.8 Å². The van der Waals surface area contributed by atoms with Gasteiger partial charge in [-0.2, -0.15) is 5.06 Å². The minimum absolute atomic E-state index is 0.429. The lowest BCUT2D eigenvalue weighted by molar-refractivity contribution is -0.245. The molecule has 0 spiro atoms. The number of nitrogens with zero attached hydrogens (tertiary/aromatic N) is 1. The van der Waals surface area contributed by atoms with Crippen molar-refractivity contribution in [2.24, 2.45) is 0 Å². The van der Waals surface area contributed by atoms with E-state index in [0.29, 0.717) is 19.8 Å². The van der Waals surface area contributed by atoms with Gasteiger partial charge < -0.3 is 4.74 Å². The molecule has 3 nitrogen and oxygen atoms in total. The van der Waals surface area contributed by atoms with Crippen molar-refractivity contribution in [3.8, 4) is 0 Å². The number of alkyl halides is 1. The summed E-state index contributed by atoms with van der Waals surface area (Å²) in [6.45, 7) is 2.52. The van der Waals surface area contributed by atoms with E-state index in [1.54, 1.807) is 0 Å². The molecular weight excluding hydrogens is 330 g/mol. The van der Waals surface area contributed by atoms with Crippen LogP contribution in [0.15, 0.2) is 60.7 Å². The summed E-state index contributed by atoms with van der Waals surface area (Å²) in [4.78, 5) is 6.05. The van der Waals surface area contributed by atoms with Gasteiger partial charge in [-0.05, 0) is 11.1 Å². The van der Waals surface area contributed by atoms with Gasteiger partial charge in [0.05, 0.1) is 19.8 Å². The molecule has 3 rings (SSSR count). The Bertz CT molecular complexity index is 564. The maximum absolute atomic E-state index is 6.05. The second kappa shape index (κ2) is 6.71. The summed E-state index contributed by atoms with van der Waals surface area (Å²) in [6, 6.07) is 20.4. The van der Waals surface area contributed by atoms with Gasteiger partial charge in [0, 0.05) is 6.54 Å². The van der Waals surface area contributed by atoms with Crippen molar-refractivity contribution >= 4 is 15.9 Å². The van der Waals surface area contributed by atoms with Crippen molar-refractivity contribution in [1.82, 2.24) is 5.06 Å². The van der Waals surface area contributed by atoms with Gasteiger partial charge >= 0.3 is 0 Å². The third kappa shape index (κ3) is 3.35. The fourth-order valence-corrected chi connectivity index (χ4v) is 3.12. The summed E-state index contributed by atoms with van der Waals surface area (Å²) in [6.07, 6.45) is 0. The van der Waals surface area contributed by atoms with E-state index in [2.05, 4.69) is 40.2 Å². The van der Waals surface area contributed by atoms with Crippen LogP contribution in [0.4, 0.5) is 0 Å². The molecule has 1 atom stereocenters. The molecule has 21 heavy (non-hydrogen) atoms. The molecule has 1 heterocycles. The Balaban J connectivity index is 1.75. The third-order valence-electron chi connectivity index (χ3n) is 3.57. The van der Waals surface area contributed by atoms with E-state index in [4.69, 9.17) is 9.57 Å².